The van der Waals surface area contributed by atoms with E-state index in [4.69, 9.17) is 9.47 Å². The van der Waals surface area contributed by atoms with Crippen molar-refractivity contribution in [2.24, 2.45) is 0 Å². The highest BCUT2D eigenvalue weighted by Crippen LogP contribution is 2.15. The maximum absolute atomic E-state index is 5.14. The monoisotopic (exact) mass is 268 g/mol. The van der Waals surface area contributed by atoms with Crippen LogP contribution in [0.4, 0.5) is 11.6 Å². The van der Waals surface area contributed by atoms with E-state index in [1.807, 2.05) is 19.9 Å². The molecule has 1 N–H and O–H groups in total. The first-order valence-corrected chi connectivity index (χ1v) is 6.53. The lowest BCUT2D eigenvalue weighted by Crippen LogP contribution is -2.31. The third-order valence-corrected chi connectivity index (χ3v) is 2.64. The van der Waals surface area contributed by atoms with Crippen molar-refractivity contribution in [3.8, 4) is 0 Å². The molecular formula is C13H24N4O2. The molecule has 0 aliphatic carbocycles. The predicted octanol–water partition coefficient (Wildman–Crippen LogP) is 1.32. The molecule has 1 aromatic heterocycles. The molecule has 1 heterocycles. The Morgan fingerprint density at radius 1 is 1.16 bits per heavy atom. The number of aromatic nitrogens is 2. The van der Waals surface area contributed by atoms with Crippen LogP contribution in [0.3, 0.4) is 0 Å². The van der Waals surface area contributed by atoms with E-state index >= 15 is 0 Å². The topological polar surface area (TPSA) is 59.5 Å². The number of nitrogens with one attached hydrogen (secondary N) is 1. The molecular weight excluding hydrogens is 244 g/mol. The van der Waals surface area contributed by atoms with Crippen molar-refractivity contribution in [2.45, 2.75) is 13.8 Å². The molecule has 0 atom stereocenters. The van der Waals surface area contributed by atoms with Gasteiger partial charge in [0.2, 0.25) is 0 Å². The summed E-state index contributed by atoms with van der Waals surface area (Å²) in [5.41, 5.74) is 0. The van der Waals surface area contributed by atoms with E-state index in [-0.39, 0.29) is 0 Å². The van der Waals surface area contributed by atoms with Gasteiger partial charge in [0.1, 0.15) is 17.5 Å². The number of ether oxygens (including phenoxy) is 2. The van der Waals surface area contributed by atoms with Crippen LogP contribution in [-0.2, 0) is 9.47 Å². The van der Waals surface area contributed by atoms with E-state index in [0.29, 0.717) is 13.2 Å². The fourth-order valence-corrected chi connectivity index (χ4v) is 1.73. The van der Waals surface area contributed by atoms with Gasteiger partial charge in [0.05, 0.1) is 13.2 Å². The highest BCUT2D eigenvalue weighted by Gasteiger charge is 2.10. The number of anilines is 2. The molecule has 1 aromatic rings. The normalized spacial score (nSPS) is 10.5. The van der Waals surface area contributed by atoms with Crippen LogP contribution in [0.5, 0.6) is 0 Å². The highest BCUT2D eigenvalue weighted by molar-refractivity contribution is 5.49. The molecule has 0 aliphatic heterocycles. The van der Waals surface area contributed by atoms with E-state index in [0.717, 1.165) is 37.1 Å². The first-order valence-electron chi connectivity index (χ1n) is 6.53. The molecule has 0 saturated carbocycles. The van der Waals surface area contributed by atoms with Gasteiger partial charge >= 0.3 is 0 Å². The molecule has 0 unspecified atom stereocenters. The molecule has 0 fully saturated rings. The largest absolute Gasteiger partial charge is 0.383 e. The quantitative estimate of drug-likeness (QED) is 0.729. The Hall–Kier alpha value is -1.40. The Balaban J connectivity index is 2.85. The minimum atomic E-state index is 0.656. The zero-order chi connectivity index (χ0) is 14.1. The SMILES string of the molecule is CCNc1cc(N(CCOC)CCOC)nc(C)n1. The summed E-state index contributed by atoms with van der Waals surface area (Å²) in [5.74, 6) is 2.51. The number of hydrogen-bond acceptors (Lipinski definition) is 6. The first-order chi connectivity index (χ1) is 9.21. The van der Waals surface area contributed by atoms with Crippen molar-refractivity contribution in [3.63, 3.8) is 0 Å². The van der Waals surface area contributed by atoms with Gasteiger partial charge in [-0.25, -0.2) is 9.97 Å². The molecule has 0 bridgehead atoms. The van der Waals surface area contributed by atoms with Gasteiger partial charge in [0.15, 0.2) is 0 Å². The van der Waals surface area contributed by atoms with Crippen molar-refractivity contribution in [3.05, 3.63) is 11.9 Å². The number of hydrogen-bond donors (Lipinski definition) is 1. The van der Waals surface area contributed by atoms with Crippen LogP contribution in [0.2, 0.25) is 0 Å². The average Bonchev–Trinajstić information content (AvgIpc) is 2.38. The molecule has 19 heavy (non-hydrogen) atoms. The van der Waals surface area contributed by atoms with Gasteiger partial charge in [-0.3, -0.25) is 0 Å². The van der Waals surface area contributed by atoms with Gasteiger partial charge in [-0.05, 0) is 13.8 Å². The zero-order valence-electron chi connectivity index (χ0n) is 12.3. The van der Waals surface area contributed by atoms with Gasteiger partial charge in [0.25, 0.3) is 0 Å². The summed E-state index contributed by atoms with van der Waals surface area (Å²) in [6.07, 6.45) is 0. The second-order valence-electron chi connectivity index (χ2n) is 4.16. The van der Waals surface area contributed by atoms with Crippen molar-refractivity contribution < 1.29 is 9.47 Å². The predicted molar refractivity (Wildman–Crippen MR) is 76.9 cm³/mol. The second kappa shape index (κ2) is 8.66. The van der Waals surface area contributed by atoms with Gasteiger partial charge in [-0.1, -0.05) is 0 Å². The van der Waals surface area contributed by atoms with Crippen molar-refractivity contribution in [2.75, 3.05) is 57.3 Å². The lowest BCUT2D eigenvalue weighted by atomic mass is 10.4. The maximum atomic E-state index is 5.14. The lowest BCUT2D eigenvalue weighted by molar-refractivity contribution is 0.190. The molecule has 6 nitrogen and oxygen atoms in total. The van der Waals surface area contributed by atoms with Gasteiger partial charge < -0.3 is 19.7 Å². The minimum Gasteiger partial charge on any atom is -0.383 e. The van der Waals surface area contributed by atoms with Crippen LogP contribution in [0.15, 0.2) is 6.07 Å². The second-order valence-corrected chi connectivity index (χ2v) is 4.16. The number of aryl methyl sites for hydroxylation is 1. The molecule has 6 heteroatoms. The van der Waals surface area contributed by atoms with Crippen molar-refractivity contribution in [1.29, 1.82) is 0 Å². The van der Waals surface area contributed by atoms with Crippen LogP contribution in [0.1, 0.15) is 12.7 Å². The molecule has 0 radical (unpaired) electrons. The molecule has 0 saturated heterocycles. The Kier molecular flexibility index (Phi) is 7.14. The third kappa shape index (κ3) is 5.40. The summed E-state index contributed by atoms with van der Waals surface area (Å²) in [4.78, 5) is 11.0. The summed E-state index contributed by atoms with van der Waals surface area (Å²) in [6, 6.07) is 1.96. The summed E-state index contributed by atoms with van der Waals surface area (Å²) in [6.45, 7) is 7.66. The van der Waals surface area contributed by atoms with E-state index in [9.17, 15) is 0 Å². The van der Waals surface area contributed by atoms with E-state index in [2.05, 4.69) is 20.2 Å². The molecule has 0 spiro atoms. The number of nitrogens with zero attached hydrogens (tertiary/aromatic N) is 3. The Labute approximate surface area is 115 Å². The molecule has 108 valence electrons. The van der Waals surface area contributed by atoms with Gasteiger partial charge in [0, 0.05) is 39.9 Å². The summed E-state index contributed by atoms with van der Waals surface area (Å²) < 4.78 is 10.3. The zero-order valence-corrected chi connectivity index (χ0v) is 12.3. The summed E-state index contributed by atoms with van der Waals surface area (Å²) in [7, 11) is 3.40. The number of methoxy groups -OCH3 is 2. The summed E-state index contributed by atoms with van der Waals surface area (Å²) >= 11 is 0. The standard InChI is InChI=1S/C13H24N4O2/c1-5-14-12-10-13(16-11(2)15-12)17(6-8-18-3)7-9-19-4/h10H,5-9H2,1-4H3,(H,14,15,16). The van der Waals surface area contributed by atoms with E-state index < -0.39 is 0 Å². The van der Waals surface area contributed by atoms with E-state index in [1.165, 1.54) is 0 Å². The van der Waals surface area contributed by atoms with Crippen LogP contribution in [0, 0.1) is 6.92 Å². The molecule has 0 aromatic carbocycles. The van der Waals surface area contributed by atoms with Crippen LogP contribution < -0.4 is 10.2 Å². The van der Waals surface area contributed by atoms with Crippen LogP contribution in [0.25, 0.3) is 0 Å². The van der Waals surface area contributed by atoms with Gasteiger partial charge in [-0.2, -0.15) is 0 Å². The van der Waals surface area contributed by atoms with Crippen molar-refractivity contribution in [1.82, 2.24) is 9.97 Å². The smallest absolute Gasteiger partial charge is 0.134 e. The molecule has 1 rings (SSSR count). The van der Waals surface area contributed by atoms with Crippen LogP contribution in [-0.4, -0.2) is 57.0 Å². The fourth-order valence-electron chi connectivity index (χ4n) is 1.73. The minimum absolute atomic E-state index is 0.656. The summed E-state index contributed by atoms with van der Waals surface area (Å²) in [5, 5.41) is 3.22. The lowest BCUT2D eigenvalue weighted by Gasteiger charge is -2.23. The average molecular weight is 268 g/mol. The Bertz CT molecular complexity index is 366. The van der Waals surface area contributed by atoms with Crippen LogP contribution >= 0.6 is 0 Å². The maximum Gasteiger partial charge on any atom is 0.134 e. The Morgan fingerprint density at radius 2 is 1.79 bits per heavy atom. The van der Waals surface area contributed by atoms with Crippen molar-refractivity contribution >= 4 is 11.6 Å². The highest BCUT2D eigenvalue weighted by atomic mass is 16.5. The Morgan fingerprint density at radius 3 is 2.32 bits per heavy atom. The third-order valence-electron chi connectivity index (χ3n) is 2.64. The fraction of sp³-hybridized carbons (Fsp3) is 0.692. The molecule has 0 amide bonds. The first kappa shape index (κ1) is 15.7. The van der Waals surface area contributed by atoms with Gasteiger partial charge in [-0.15, -0.1) is 0 Å². The van der Waals surface area contributed by atoms with E-state index in [1.54, 1.807) is 14.2 Å². The molecule has 0 aliphatic rings. The number of rotatable bonds is 9.